The molecule has 2 N–H and O–H groups in total. The number of hydrogen-bond acceptors (Lipinski definition) is 4. The zero-order valence-corrected chi connectivity index (χ0v) is 17.4. The van der Waals surface area contributed by atoms with Crippen LogP contribution in [0, 0.1) is 0 Å². The topological polar surface area (TPSA) is 74.6 Å². The molecular formula is C17H15BrCl4O4. The highest BCUT2D eigenvalue weighted by atomic mass is 79.9. The summed E-state index contributed by atoms with van der Waals surface area (Å²) < 4.78 is 0.488. The van der Waals surface area contributed by atoms with Gasteiger partial charge in [-0.25, -0.2) is 0 Å². The fraction of sp³-hybridized carbons (Fsp3) is 0.176. The SMILES string of the molecule is C.CC(=O)c1c(Cl)ccc(Cl)c1O.CC(=O)c1c(O)c(Cl)cc(Br)c1Cl. The molecule has 0 atom stereocenters. The van der Waals surface area contributed by atoms with E-state index in [0.717, 1.165) is 0 Å². The van der Waals surface area contributed by atoms with Gasteiger partial charge >= 0.3 is 0 Å². The molecule has 142 valence electrons. The van der Waals surface area contributed by atoms with Crippen LogP contribution in [0.3, 0.4) is 0 Å². The molecule has 0 heterocycles. The van der Waals surface area contributed by atoms with E-state index < -0.39 is 0 Å². The Morgan fingerprint density at radius 1 is 0.846 bits per heavy atom. The third kappa shape index (κ3) is 5.76. The fourth-order valence-electron chi connectivity index (χ4n) is 1.78. The van der Waals surface area contributed by atoms with E-state index in [4.69, 9.17) is 46.4 Å². The molecule has 0 radical (unpaired) electrons. The molecule has 0 aliphatic rings. The number of benzene rings is 2. The van der Waals surface area contributed by atoms with Crippen molar-refractivity contribution in [2.75, 3.05) is 0 Å². The van der Waals surface area contributed by atoms with E-state index in [0.29, 0.717) is 4.47 Å². The van der Waals surface area contributed by atoms with Crippen molar-refractivity contribution in [3.8, 4) is 11.5 Å². The van der Waals surface area contributed by atoms with Crippen LogP contribution in [0.2, 0.25) is 20.1 Å². The van der Waals surface area contributed by atoms with Gasteiger partial charge in [0.05, 0.1) is 31.2 Å². The Bertz CT molecular complexity index is 827. The minimum atomic E-state index is -0.328. The van der Waals surface area contributed by atoms with Crippen LogP contribution in [-0.4, -0.2) is 21.8 Å². The Labute approximate surface area is 179 Å². The van der Waals surface area contributed by atoms with Gasteiger partial charge in [0.15, 0.2) is 11.6 Å². The molecule has 26 heavy (non-hydrogen) atoms. The number of Topliss-reactive ketones (excluding diaryl/α,β-unsaturated/α-hetero) is 2. The number of carbonyl (C=O) groups excluding carboxylic acids is 2. The highest BCUT2D eigenvalue weighted by Crippen LogP contribution is 2.38. The second-order valence-corrected chi connectivity index (χ2v) is 7.20. The second-order valence-electron chi connectivity index (χ2n) is 4.74. The Morgan fingerprint density at radius 3 is 1.69 bits per heavy atom. The third-order valence-electron chi connectivity index (χ3n) is 2.93. The third-order valence-corrected chi connectivity index (χ3v) is 5.08. The van der Waals surface area contributed by atoms with E-state index in [-0.39, 0.29) is 61.7 Å². The van der Waals surface area contributed by atoms with Gasteiger partial charge in [-0.1, -0.05) is 53.8 Å². The summed E-state index contributed by atoms with van der Waals surface area (Å²) in [6.07, 6.45) is 0. The zero-order valence-electron chi connectivity index (χ0n) is 12.8. The minimum Gasteiger partial charge on any atom is -0.506 e. The molecule has 4 nitrogen and oxygen atoms in total. The lowest BCUT2D eigenvalue weighted by atomic mass is 10.1. The average Bonchev–Trinajstić information content (AvgIpc) is 2.50. The number of ketones is 2. The first-order chi connectivity index (χ1) is 11.5. The van der Waals surface area contributed by atoms with E-state index in [9.17, 15) is 19.8 Å². The maximum Gasteiger partial charge on any atom is 0.165 e. The number of halogens is 5. The summed E-state index contributed by atoms with van der Waals surface area (Å²) in [5, 5.41) is 19.3. The lowest BCUT2D eigenvalue weighted by molar-refractivity contribution is 0.100. The van der Waals surface area contributed by atoms with Crippen LogP contribution in [0.15, 0.2) is 22.7 Å². The predicted octanol–water partition coefficient (Wildman–Crippen LogP) is 7.20. The number of phenols is 2. The van der Waals surface area contributed by atoms with E-state index in [1.165, 1.54) is 32.0 Å². The molecule has 2 rings (SSSR count). The average molecular weight is 505 g/mol. The molecular weight excluding hydrogens is 490 g/mol. The lowest BCUT2D eigenvalue weighted by Crippen LogP contribution is -1.95. The highest BCUT2D eigenvalue weighted by molar-refractivity contribution is 9.10. The monoisotopic (exact) mass is 502 g/mol. The molecule has 0 saturated heterocycles. The van der Waals surface area contributed by atoms with Crippen LogP contribution >= 0.6 is 62.3 Å². The van der Waals surface area contributed by atoms with E-state index >= 15 is 0 Å². The fourth-order valence-corrected chi connectivity index (χ4v) is 3.27. The van der Waals surface area contributed by atoms with Crippen molar-refractivity contribution in [1.82, 2.24) is 0 Å². The summed E-state index contributed by atoms with van der Waals surface area (Å²) in [6, 6.07) is 4.34. The Hall–Kier alpha value is -0.980. The van der Waals surface area contributed by atoms with Gasteiger partial charge in [0.2, 0.25) is 0 Å². The van der Waals surface area contributed by atoms with E-state index in [1.54, 1.807) is 0 Å². The smallest absolute Gasteiger partial charge is 0.165 e. The first kappa shape index (κ1) is 25.0. The quantitative estimate of drug-likeness (QED) is 0.335. The molecule has 0 aromatic heterocycles. The van der Waals surface area contributed by atoms with Gasteiger partial charge in [-0.15, -0.1) is 0 Å². The number of phenolic OH excluding ortho intramolecular Hbond substituents is 2. The van der Waals surface area contributed by atoms with Crippen LogP contribution in [0.4, 0.5) is 0 Å². The van der Waals surface area contributed by atoms with Gasteiger partial charge in [-0.2, -0.15) is 0 Å². The first-order valence-electron chi connectivity index (χ1n) is 6.54. The largest absolute Gasteiger partial charge is 0.506 e. The van der Waals surface area contributed by atoms with Crippen LogP contribution < -0.4 is 0 Å². The maximum absolute atomic E-state index is 11.1. The Balaban J connectivity index is 0.000000464. The van der Waals surface area contributed by atoms with Gasteiger partial charge in [-0.3, -0.25) is 9.59 Å². The van der Waals surface area contributed by atoms with Crippen molar-refractivity contribution >= 4 is 73.9 Å². The summed E-state index contributed by atoms with van der Waals surface area (Å²) in [5.41, 5.74) is 0.116. The first-order valence-corrected chi connectivity index (χ1v) is 8.84. The molecule has 0 spiro atoms. The van der Waals surface area contributed by atoms with E-state index in [2.05, 4.69) is 15.9 Å². The molecule has 9 heteroatoms. The van der Waals surface area contributed by atoms with Crippen LogP contribution in [-0.2, 0) is 0 Å². The molecule has 0 bridgehead atoms. The molecule has 0 aliphatic carbocycles. The van der Waals surface area contributed by atoms with Gasteiger partial charge in [-0.05, 0) is 48.0 Å². The maximum atomic E-state index is 11.1. The minimum absolute atomic E-state index is 0. The number of aromatic hydroxyl groups is 2. The molecule has 0 unspecified atom stereocenters. The predicted molar refractivity (Wildman–Crippen MR) is 111 cm³/mol. The van der Waals surface area contributed by atoms with Crippen LogP contribution in [0.25, 0.3) is 0 Å². The molecule has 0 fully saturated rings. The number of carbonyl (C=O) groups is 2. The molecule has 2 aromatic rings. The van der Waals surface area contributed by atoms with Crippen LogP contribution in [0.1, 0.15) is 42.0 Å². The van der Waals surface area contributed by atoms with Crippen LogP contribution in [0.5, 0.6) is 11.5 Å². The van der Waals surface area contributed by atoms with Gasteiger partial charge in [0, 0.05) is 4.47 Å². The Kier molecular flexibility index (Phi) is 9.99. The van der Waals surface area contributed by atoms with Crippen molar-refractivity contribution in [1.29, 1.82) is 0 Å². The van der Waals surface area contributed by atoms with Gasteiger partial charge < -0.3 is 10.2 Å². The summed E-state index contributed by atoms with van der Waals surface area (Å²) in [6.45, 7) is 2.63. The summed E-state index contributed by atoms with van der Waals surface area (Å²) >= 11 is 25.8. The van der Waals surface area contributed by atoms with Gasteiger partial charge in [0.25, 0.3) is 0 Å². The molecule has 0 amide bonds. The van der Waals surface area contributed by atoms with Crippen molar-refractivity contribution in [3.05, 3.63) is 53.9 Å². The summed E-state index contributed by atoms with van der Waals surface area (Å²) in [4.78, 5) is 22.0. The molecule has 0 aliphatic heterocycles. The normalized spacial score (nSPS) is 9.65. The summed E-state index contributed by atoms with van der Waals surface area (Å²) in [7, 11) is 0. The second kappa shape index (κ2) is 10.4. The standard InChI is InChI=1S/C8H5BrCl2O2.C8H6Cl2O2.CH4/c1-3(12)6-7(11)4(9)2-5(10)8(6)13;1-4(11)7-5(9)2-3-6(10)8(7)12;/h2,13H,1H3;2-3,12H,1H3;1H4. The molecule has 2 aromatic carbocycles. The van der Waals surface area contributed by atoms with Crippen molar-refractivity contribution in [2.45, 2.75) is 21.3 Å². The number of rotatable bonds is 2. The highest BCUT2D eigenvalue weighted by Gasteiger charge is 2.17. The zero-order chi connectivity index (χ0) is 19.5. The summed E-state index contributed by atoms with van der Waals surface area (Å²) in [5.74, 6) is -1.16. The van der Waals surface area contributed by atoms with Crippen molar-refractivity contribution in [2.24, 2.45) is 0 Å². The van der Waals surface area contributed by atoms with Crippen molar-refractivity contribution < 1.29 is 19.8 Å². The molecule has 0 saturated carbocycles. The van der Waals surface area contributed by atoms with Crippen molar-refractivity contribution in [3.63, 3.8) is 0 Å². The Morgan fingerprint density at radius 2 is 1.27 bits per heavy atom. The van der Waals surface area contributed by atoms with Gasteiger partial charge in [0.1, 0.15) is 11.5 Å². The lowest BCUT2D eigenvalue weighted by Gasteiger charge is -2.06. The van der Waals surface area contributed by atoms with E-state index in [1.807, 2.05) is 0 Å². The number of hydrogen-bond donors (Lipinski definition) is 2.